The zero-order chi connectivity index (χ0) is 11.8. The number of carbonyl (C=O) groups excluding carboxylic acids is 1. The average molecular weight is 230 g/mol. The van der Waals surface area contributed by atoms with Crippen LogP contribution < -0.4 is 10.6 Å². The first-order chi connectivity index (χ1) is 8.26. The average Bonchev–Trinajstić information content (AvgIpc) is 2.84. The van der Waals surface area contributed by atoms with Crippen LogP contribution >= 0.6 is 0 Å². The molecule has 0 heterocycles. The second kappa shape index (κ2) is 3.84. The van der Waals surface area contributed by atoms with Crippen molar-refractivity contribution in [3.05, 3.63) is 35.9 Å². The summed E-state index contributed by atoms with van der Waals surface area (Å²) in [5.41, 5.74) is 1.73. The molecule has 3 saturated carbocycles. The molecule has 0 saturated heterocycles. The molecule has 0 aromatic heterocycles. The number of rotatable bonds is 5. The number of carbonyl (C=O) groups is 1. The van der Waals surface area contributed by atoms with Crippen molar-refractivity contribution in [1.82, 2.24) is 10.6 Å². The van der Waals surface area contributed by atoms with Crippen molar-refractivity contribution in [2.45, 2.75) is 43.3 Å². The van der Waals surface area contributed by atoms with Gasteiger partial charge < -0.3 is 10.6 Å². The lowest BCUT2D eigenvalue weighted by Crippen LogP contribution is -2.61. The lowest BCUT2D eigenvalue weighted by Gasteiger charge is -2.47. The summed E-state index contributed by atoms with van der Waals surface area (Å²) in [4.78, 5) is 10.5. The van der Waals surface area contributed by atoms with E-state index in [2.05, 4.69) is 34.9 Å². The van der Waals surface area contributed by atoms with Crippen LogP contribution in [0.2, 0.25) is 0 Å². The predicted octanol–water partition coefficient (Wildman–Crippen LogP) is 1.59. The molecule has 0 atom stereocenters. The minimum atomic E-state index is 0.117. The van der Waals surface area contributed by atoms with Crippen LogP contribution in [0.25, 0.3) is 0 Å². The fourth-order valence-corrected chi connectivity index (χ4v) is 3.47. The maximum Gasteiger partial charge on any atom is 0.207 e. The molecule has 3 aliphatic carbocycles. The van der Waals surface area contributed by atoms with Gasteiger partial charge in [-0.3, -0.25) is 4.79 Å². The molecule has 3 nitrogen and oxygen atoms in total. The van der Waals surface area contributed by atoms with Gasteiger partial charge in [0.1, 0.15) is 0 Å². The maximum absolute atomic E-state index is 10.5. The van der Waals surface area contributed by atoms with Crippen molar-refractivity contribution in [3.63, 3.8) is 0 Å². The fourth-order valence-electron chi connectivity index (χ4n) is 3.47. The zero-order valence-electron chi connectivity index (χ0n) is 9.91. The molecule has 0 unspecified atom stereocenters. The van der Waals surface area contributed by atoms with Gasteiger partial charge in [0, 0.05) is 17.6 Å². The summed E-state index contributed by atoms with van der Waals surface area (Å²) in [6.07, 6.45) is 5.33. The molecule has 0 spiro atoms. The SMILES string of the molecule is O=CNC12CCC(NCc3ccccc3)(C1)C2. The molecule has 2 bridgehead atoms. The van der Waals surface area contributed by atoms with Crippen molar-refractivity contribution < 1.29 is 4.79 Å². The van der Waals surface area contributed by atoms with E-state index in [9.17, 15) is 4.79 Å². The Balaban J connectivity index is 1.57. The molecule has 1 amide bonds. The van der Waals surface area contributed by atoms with Gasteiger partial charge in [0.05, 0.1) is 0 Å². The molecule has 4 rings (SSSR count). The Kier molecular flexibility index (Phi) is 2.44. The first kappa shape index (κ1) is 10.8. The molecular weight excluding hydrogens is 212 g/mol. The van der Waals surface area contributed by atoms with E-state index in [0.717, 1.165) is 32.2 Å². The smallest absolute Gasteiger partial charge is 0.207 e. The maximum atomic E-state index is 10.5. The molecule has 0 aliphatic heterocycles. The van der Waals surface area contributed by atoms with Crippen LogP contribution in [0.1, 0.15) is 31.2 Å². The third-order valence-electron chi connectivity index (χ3n) is 4.31. The Hall–Kier alpha value is -1.35. The van der Waals surface area contributed by atoms with Crippen LogP contribution in [0.4, 0.5) is 0 Å². The largest absolute Gasteiger partial charge is 0.353 e. The normalized spacial score (nSPS) is 34.1. The molecule has 90 valence electrons. The fraction of sp³-hybridized carbons (Fsp3) is 0.500. The highest BCUT2D eigenvalue weighted by Gasteiger charge is 2.60. The Morgan fingerprint density at radius 3 is 2.53 bits per heavy atom. The predicted molar refractivity (Wildman–Crippen MR) is 66.4 cm³/mol. The van der Waals surface area contributed by atoms with Gasteiger partial charge in [0.25, 0.3) is 0 Å². The standard InChI is InChI=1S/C14H18N2O/c17-11-16-14-7-6-13(9-14,10-14)15-8-12-4-2-1-3-5-12/h1-5,11,15H,6-10H2,(H,16,17). The monoisotopic (exact) mass is 230 g/mol. The molecule has 3 aliphatic rings. The van der Waals surface area contributed by atoms with Gasteiger partial charge >= 0.3 is 0 Å². The van der Waals surface area contributed by atoms with Gasteiger partial charge in [-0.2, -0.15) is 0 Å². The van der Waals surface area contributed by atoms with Gasteiger partial charge in [-0.05, 0) is 31.2 Å². The third-order valence-corrected chi connectivity index (χ3v) is 4.31. The summed E-state index contributed by atoms with van der Waals surface area (Å²) in [5.74, 6) is 0. The molecule has 0 radical (unpaired) electrons. The number of hydrogen-bond donors (Lipinski definition) is 2. The Morgan fingerprint density at radius 2 is 1.82 bits per heavy atom. The van der Waals surface area contributed by atoms with Crippen LogP contribution in [0.15, 0.2) is 30.3 Å². The first-order valence-corrected chi connectivity index (χ1v) is 6.26. The van der Waals surface area contributed by atoms with E-state index in [-0.39, 0.29) is 11.1 Å². The third kappa shape index (κ3) is 1.84. The number of benzene rings is 1. The van der Waals surface area contributed by atoms with Crippen molar-refractivity contribution in [2.24, 2.45) is 0 Å². The molecule has 2 N–H and O–H groups in total. The summed E-state index contributed by atoms with van der Waals surface area (Å²) < 4.78 is 0. The lowest BCUT2D eigenvalue weighted by atomic mass is 9.71. The summed E-state index contributed by atoms with van der Waals surface area (Å²) in [7, 11) is 0. The Morgan fingerprint density at radius 1 is 1.12 bits per heavy atom. The van der Waals surface area contributed by atoms with Crippen LogP contribution in [-0.4, -0.2) is 17.5 Å². The highest BCUT2D eigenvalue weighted by molar-refractivity contribution is 5.50. The highest BCUT2D eigenvalue weighted by atomic mass is 16.1. The van der Waals surface area contributed by atoms with Gasteiger partial charge in [0.15, 0.2) is 0 Å². The van der Waals surface area contributed by atoms with E-state index in [1.807, 2.05) is 6.07 Å². The number of hydrogen-bond acceptors (Lipinski definition) is 2. The van der Waals surface area contributed by atoms with Crippen molar-refractivity contribution >= 4 is 6.41 Å². The zero-order valence-corrected chi connectivity index (χ0v) is 9.91. The van der Waals surface area contributed by atoms with Gasteiger partial charge in [0.2, 0.25) is 6.41 Å². The van der Waals surface area contributed by atoms with E-state index in [0.29, 0.717) is 0 Å². The quantitative estimate of drug-likeness (QED) is 0.754. The van der Waals surface area contributed by atoms with E-state index < -0.39 is 0 Å². The molecule has 3 fully saturated rings. The second-order valence-electron chi connectivity index (χ2n) is 5.52. The van der Waals surface area contributed by atoms with Crippen molar-refractivity contribution in [2.75, 3.05) is 0 Å². The van der Waals surface area contributed by atoms with Crippen LogP contribution in [0.3, 0.4) is 0 Å². The topological polar surface area (TPSA) is 41.1 Å². The summed E-state index contributed by atoms with van der Waals surface area (Å²) >= 11 is 0. The summed E-state index contributed by atoms with van der Waals surface area (Å²) in [6, 6.07) is 10.5. The second-order valence-corrected chi connectivity index (χ2v) is 5.52. The van der Waals surface area contributed by atoms with E-state index in [1.165, 1.54) is 12.0 Å². The van der Waals surface area contributed by atoms with Gasteiger partial charge in [-0.15, -0.1) is 0 Å². The Labute approximate surface area is 102 Å². The van der Waals surface area contributed by atoms with Crippen LogP contribution in [-0.2, 0) is 11.3 Å². The minimum absolute atomic E-state index is 0.117. The van der Waals surface area contributed by atoms with Crippen molar-refractivity contribution in [3.8, 4) is 0 Å². The van der Waals surface area contributed by atoms with Crippen LogP contribution in [0.5, 0.6) is 0 Å². The van der Waals surface area contributed by atoms with E-state index in [1.54, 1.807) is 0 Å². The number of amides is 1. The number of fused-ring (bicyclic) bond motifs is 1. The molecular formula is C14H18N2O. The highest BCUT2D eigenvalue weighted by Crippen LogP contribution is 2.54. The molecule has 1 aromatic carbocycles. The van der Waals surface area contributed by atoms with E-state index in [4.69, 9.17) is 0 Å². The first-order valence-electron chi connectivity index (χ1n) is 6.26. The summed E-state index contributed by atoms with van der Waals surface area (Å²) in [6.45, 7) is 0.929. The Bertz CT molecular complexity index is 409. The van der Waals surface area contributed by atoms with Gasteiger partial charge in [-0.25, -0.2) is 0 Å². The van der Waals surface area contributed by atoms with Crippen LogP contribution in [0, 0.1) is 0 Å². The molecule has 1 aromatic rings. The summed E-state index contributed by atoms with van der Waals surface area (Å²) in [5, 5.41) is 6.66. The van der Waals surface area contributed by atoms with E-state index >= 15 is 0 Å². The van der Waals surface area contributed by atoms with Crippen molar-refractivity contribution in [1.29, 1.82) is 0 Å². The lowest BCUT2D eigenvalue weighted by molar-refractivity contribution is -0.112. The molecule has 3 heteroatoms. The number of nitrogens with one attached hydrogen (secondary N) is 2. The molecule has 17 heavy (non-hydrogen) atoms. The minimum Gasteiger partial charge on any atom is -0.353 e. The van der Waals surface area contributed by atoms with Gasteiger partial charge in [-0.1, -0.05) is 30.3 Å².